The standard InChI is InChI=1S/C21H18ClN3O4/c1-12-4-5-16(9-20(12)25(28)29)23-11-15-8-13(2)24(14(15)3)17-6-7-19(22)18(10-17)21(26)27/h4-11H,1-3H3,(H,26,27). The number of carbonyl (C=O) groups is 1. The lowest BCUT2D eigenvalue weighted by atomic mass is 10.2. The Hall–Kier alpha value is -3.45. The van der Waals surface area contributed by atoms with Gasteiger partial charge in [-0.05, 0) is 51.1 Å². The molecule has 0 saturated carbocycles. The second kappa shape index (κ2) is 7.89. The van der Waals surface area contributed by atoms with Gasteiger partial charge < -0.3 is 9.67 Å². The summed E-state index contributed by atoms with van der Waals surface area (Å²) in [5.74, 6) is -1.10. The van der Waals surface area contributed by atoms with Crippen molar-refractivity contribution in [3.63, 3.8) is 0 Å². The number of halogens is 1. The van der Waals surface area contributed by atoms with Crippen LogP contribution in [-0.2, 0) is 0 Å². The number of hydrogen-bond donors (Lipinski definition) is 1. The van der Waals surface area contributed by atoms with Gasteiger partial charge in [-0.25, -0.2) is 4.79 Å². The molecule has 7 nitrogen and oxygen atoms in total. The van der Waals surface area contributed by atoms with Crippen LogP contribution >= 0.6 is 11.6 Å². The number of carboxylic acids is 1. The van der Waals surface area contributed by atoms with E-state index < -0.39 is 10.9 Å². The first-order valence-electron chi connectivity index (χ1n) is 8.70. The third-order valence-electron chi connectivity index (χ3n) is 4.65. The lowest BCUT2D eigenvalue weighted by Crippen LogP contribution is -2.03. The first-order chi connectivity index (χ1) is 13.7. The van der Waals surface area contributed by atoms with Crippen LogP contribution in [0.5, 0.6) is 0 Å². The molecule has 0 spiro atoms. The normalized spacial score (nSPS) is 11.2. The molecule has 2 aromatic carbocycles. The number of nitro benzene ring substituents is 1. The second-order valence-electron chi connectivity index (χ2n) is 6.62. The quantitative estimate of drug-likeness (QED) is 0.344. The van der Waals surface area contributed by atoms with Crippen LogP contribution in [0.25, 0.3) is 5.69 Å². The lowest BCUT2D eigenvalue weighted by Gasteiger charge is -2.11. The van der Waals surface area contributed by atoms with Crippen molar-refractivity contribution in [1.29, 1.82) is 0 Å². The molecule has 1 N–H and O–H groups in total. The third-order valence-corrected chi connectivity index (χ3v) is 4.98. The van der Waals surface area contributed by atoms with Gasteiger partial charge in [0.05, 0.1) is 21.2 Å². The number of nitrogens with zero attached hydrogens (tertiary/aromatic N) is 3. The fraction of sp³-hybridized carbons (Fsp3) is 0.143. The number of aromatic carboxylic acids is 1. The van der Waals surface area contributed by atoms with Crippen LogP contribution in [0.1, 0.15) is 32.9 Å². The van der Waals surface area contributed by atoms with Gasteiger partial charge in [0.15, 0.2) is 0 Å². The Kier molecular flexibility index (Phi) is 5.52. The van der Waals surface area contributed by atoms with Crippen LogP contribution in [0.2, 0.25) is 5.02 Å². The summed E-state index contributed by atoms with van der Waals surface area (Å²) in [5, 5.41) is 20.6. The molecule has 0 aliphatic carbocycles. The van der Waals surface area contributed by atoms with E-state index in [1.54, 1.807) is 37.4 Å². The molecule has 0 fully saturated rings. The number of aryl methyl sites for hydroxylation is 2. The van der Waals surface area contributed by atoms with Crippen LogP contribution in [0.4, 0.5) is 11.4 Å². The Bertz CT molecular complexity index is 1160. The zero-order valence-corrected chi connectivity index (χ0v) is 16.8. The molecular weight excluding hydrogens is 394 g/mol. The van der Waals surface area contributed by atoms with Crippen LogP contribution in [0.15, 0.2) is 47.5 Å². The predicted octanol–water partition coefficient (Wildman–Crippen LogP) is 5.41. The van der Waals surface area contributed by atoms with Crippen molar-refractivity contribution >= 4 is 35.2 Å². The first kappa shape index (κ1) is 20.3. The summed E-state index contributed by atoms with van der Waals surface area (Å²) in [4.78, 5) is 26.4. The van der Waals surface area contributed by atoms with Gasteiger partial charge in [0.25, 0.3) is 5.69 Å². The maximum atomic E-state index is 11.4. The van der Waals surface area contributed by atoms with Gasteiger partial charge in [0, 0.05) is 40.5 Å². The Balaban J connectivity index is 2.00. The summed E-state index contributed by atoms with van der Waals surface area (Å²) in [6, 6.07) is 11.6. The number of carboxylic acid groups (broad SMARTS) is 1. The molecule has 0 atom stereocenters. The average molecular weight is 412 g/mol. The molecule has 1 aromatic heterocycles. The molecule has 0 amide bonds. The van der Waals surface area contributed by atoms with E-state index in [-0.39, 0.29) is 16.3 Å². The molecule has 1 heterocycles. The minimum absolute atomic E-state index is 0.0208. The number of benzene rings is 2. The highest BCUT2D eigenvalue weighted by molar-refractivity contribution is 6.33. The van der Waals surface area contributed by atoms with Crippen molar-refractivity contribution in [2.75, 3.05) is 0 Å². The predicted molar refractivity (Wildman–Crippen MR) is 112 cm³/mol. The molecule has 0 radical (unpaired) electrons. The van der Waals surface area contributed by atoms with Crippen LogP contribution in [0, 0.1) is 30.9 Å². The molecule has 0 saturated heterocycles. The minimum atomic E-state index is -1.10. The van der Waals surface area contributed by atoms with E-state index in [2.05, 4.69) is 4.99 Å². The molecule has 3 rings (SSSR count). The van der Waals surface area contributed by atoms with Crippen molar-refractivity contribution < 1.29 is 14.8 Å². The van der Waals surface area contributed by atoms with E-state index in [1.165, 1.54) is 12.1 Å². The molecule has 29 heavy (non-hydrogen) atoms. The van der Waals surface area contributed by atoms with E-state index in [0.717, 1.165) is 17.0 Å². The van der Waals surface area contributed by atoms with E-state index in [1.807, 2.05) is 24.5 Å². The molecule has 148 valence electrons. The smallest absolute Gasteiger partial charge is 0.337 e. The van der Waals surface area contributed by atoms with Gasteiger partial charge in [-0.15, -0.1) is 0 Å². The number of rotatable bonds is 5. The lowest BCUT2D eigenvalue weighted by molar-refractivity contribution is -0.385. The number of aliphatic imine (C=N–C) groups is 1. The SMILES string of the molecule is Cc1ccc(N=Cc2cc(C)n(-c3ccc(Cl)c(C(=O)O)c3)c2C)cc1[N+](=O)[O-]. The van der Waals surface area contributed by atoms with Gasteiger partial charge in [0.1, 0.15) is 0 Å². The van der Waals surface area contributed by atoms with Crippen LogP contribution in [-0.4, -0.2) is 26.8 Å². The molecule has 0 unspecified atom stereocenters. The van der Waals surface area contributed by atoms with Crippen molar-refractivity contribution in [3.05, 3.63) is 85.7 Å². The largest absolute Gasteiger partial charge is 0.478 e. The molecule has 8 heteroatoms. The van der Waals surface area contributed by atoms with Crippen molar-refractivity contribution in [2.45, 2.75) is 20.8 Å². The molecule has 0 bridgehead atoms. The summed E-state index contributed by atoms with van der Waals surface area (Å²) in [5.41, 5.74) is 4.33. The van der Waals surface area contributed by atoms with Crippen LogP contribution in [0.3, 0.4) is 0 Å². The number of aromatic nitrogens is 1. The fourth-order valence-electron chi connectivity index (χ4n) is 3.15. The molecule has 0 aliphatic rings. The maximum absolute atomic E-state index is 11.4. The second-order valence-corrected chi connectivity index (χ2v) is 7.02. The highest BCUT2D eigenvalue weighted by Gasteiger charge is 2.15. The number of nitro groups is 1. The van der Waals surface area contributed by atoms with Gasteiger partial charge in [-0.1, -0.05) is 17.7 Å². The van der Waals surface area contributed by atoms with Gasteiger partial charge in [-0.2, -0.15) is 0 Å². The molecule has 3 aromatic rings. The summed E-state index contributed by atoms with van der Waals surface area (Å²) in [6.07, 6.45) is 1.64. The Morgan fingerprint density at radius 2 is 1.90 bits per heavy atom. The Morgan fingerprint density at radius 3 is 2.55 bits per heavy atom. The summed E-state index contributed by atoms with van der Waals surface area (Å²) < 4.78 is 1.90. The Morgan fingerprint density at radius 1 is 1.17 bits per heavy atom. The van der Waals surface area contributed by atoms with Gasteiger partial charge in [0.2, 0.25) is 0 Å². The Labute approximate surface area is 172 Å². The highest BCUT2D eigenvalue weighted by Crippen LogP contribution is 2.26. The number of hydrogen-bond acceptors (Lipinski definition) is 4. The van der Waals surface area contributed by atoms with Crippen LogP contribution < -0.4 is 0 Å². The average Bonchev–Trinajstić information content (AvgIpc) is 2.94. The van der Waals surface area contributed by atoms with E-state index in [9.17, 15) is 20.0 Å². The minimum Gasteiger partial charge on any atom is -0.478 e. The van der Waals surface area contributed by atoms with E-state index in [4.69, 9.17) is 11.6 Å². The molecular formula is C21H18ClN3O4. The van der Waals surface area contributed by atoms with Crippen molar-refractivity contribution in [1.82, 2.24) is 4.57 Å². The fourth-order valence-corrected chi connectivity index (χ4v) is 3.35. The van der Waals surface area contributed by atoms with E-state index >= 15 is 0 Å². The summed E-state index contributed by atoms with van der Waals surface area (Å²) in [7, 11) is 0. The van der Waals surface area contributed by atoms with Gasteiger partial charge in [-0.3, -0.25) is 15.1 Å². The first-order valence-corrected chi connectivity index (χ1v) is 9.08. The van der Waals surface area contributed by atoms with Crippen molar-refractivity contribution in [3.8, 4) is 5.69 Å². The monoisotopic (exact) mass is 411 g/mol. The summed E-state index contributed by atoms with van der Waals surface area (Å²) in [6.45, 7) is 5.47. The topological polar surface area (TPSA) is 97.7 Å². The molecule has 0 aliphatic heterocycles. The van der Waals surface area contributed by atoms with Crippen molar-refractivity contribution in [2.24, 2.45) is 4.99 Å². The zero-order valence-electron chi connectivity index (χ0n) is 16.0. The zero-order chi connectivity index (χ0) is 21.3. The summed E-state index contributed by atoms with van der Waals surface area (Å²) >= 11 is 5.97. The third kappa shape index (κ3) is 4.05. The van der Waals surface area contributed by atoms with Gasteiger partial charge >= 0.3 is 5.97 Å². The maximum Gasteiger partial charge on any atom is 0.337 e. The highest BCUT2D eigenvalue weighted by atomic mass is 35.5. The van der Waals surface area contributed by atoms with E-state index in [0.29, 0.717) is 16.9 Å².